The van der Waals surface area contributed by atoms with Crippen LogP contribution < -0.4 is 16.4 Å². The molecule has 1 atom stereocenters. The molecule has 80 valence electrons. The Balaban J connectivity index is 2.02. The fourth-order valence-electron chi connectivity index (χ4n) is 1.33. The largest absolute Gasteiger partial charge is 0.351 e. The highest BCUT2D eigenvalue weighted by molar-refractivity contribution is 8.00. The van der Waals surface area contributed by atoms with Crippen LogP contribution in [0.25, 0.3) is 0 Å². The number of carbonyl (C=O) groups excluding carboxylic acids is 2. The fourth-order valence-corrected chi connectivity index (χ4v) is 2.57. The summed E-state index contributed by atoms with van der Waals surface area (Å²) in [6.07, 6.45) is 2.46. The number of nitrogens with one attached hydrogen (secondary N) is 2. The standard InChI is InChI=1S/C8H15N3O2S/c9-8(13)11-7(12)5-10-4-6-2-1-3-14-6/h6,10H,1-5H2,(H3,9,11,12,13). The Morgan fingerprint density at radius 3 is 2.86 bits per heavy atom. The minimum absolute atomic E-state index is 0.153. The second-order valence-corrected chi connectivity index (χ2v) is 4.59. The Morgan fingerprint density at radius 2 is 2.29 bits per heavy atom. The van der Waals surface area contributed by atoms with Crippen molar-refractivity contribution < 1.29 is 9.59 Å². The third-order valence-electron chi connectivity index (χ3n) is 1.94. The van der Waals surface area contributed by atoms with Gasteiger partial charge in [0.2, 0.25) is 5.91 Å². The second-order valence-electron chi connectivity index (χ2n) is 3.18. The number of thioether (sulfide) groups is 1. The first-order valence-electron chi connectivity index (χ1n) is 4.60. The molecule has 1 aliphatic rings. The van der Waals surface area contributed by atoms with E-state index in [1.54, 1.807) is 0 Å². The number of carbonyl (C=O) groups is 2. The zero-order chi connectivity index (χ0) is 10.4. The van der Waals surface area contributed by atoms with Gasteiger partial charge in [0.05, 0.1) is 6.54 Å². The van der Waals surface area contributed by atoms with E-state index < -0.39 is 6.03 Å². The van der Waals surface area contributed by atoms with Crippen LogP contribution in [0.1, 0.15) is 12.8 Å². The lowest BCUT2D eigenvalue weighted by Gasteiger charge is -2.08. The molecule has 14 heavy (non-hydrogen) atoms. The van der Waals surface area contributed by atoms with Gasteiger partial charge in [-0.3, -0.25) is 10.1 Å². The zero-order valence-electron chi connectivity index (χ0n) is 7.91. The number of nitrogens with two attached hydrogens (primary N) is 1. The maximum atomic E-state index is 10.9. The molecule has 0 bridgehead atoms. The van der Waals surface area contributed by atoms with Crippen molar-refractivity contribution in [2.75, 3.05) is 18.8 Å². The third-order valence-corrected chi connectivity index (χ3v) is 3.34. The van der Waals surface area contributed by atoms with E-state index in [2.05, 4.69) is 5.32 Å². The first-order valence-corrected chi connectivity index (χ1v) is 5.65. The molecule has 0 aromatic heterocycles. The lowest BCUT2D eigenvalue weighted by molar-refractivity contribution is -0.119. The van der Waals surface area contributed by atoms with E-state index in [4.69, 9.17) is 5.73 Å². The molecule has 1 unspecified atom stereocenters. The van der Waals surface area contributed by atoms with Gasteiger partial charge in [-0.05, 0) is 18.6 Å². The summed E-state index contributed by atoms with van der Waals surface area (Å²) >= 11 is 1.92. The minimum Gasteiger partial charge on any atom is -0.351 e. The summed E-state index contributed by atoms with van der Waals surface area (Å²) in [4.78, 5) is 21.2. The lowest BCUT2D eigenvalue weighted by atomic mass is 10.2. The maximum absolute atomic E-state index is 10.9. The first kappa shape index (κ1) is 11.3. The van der Waals surface area contributed by atoms with Crippen molar-refractivity contribution in [3.05, 3.63) is 0 Å². The van der Waals surface area contributed by atoms with Crippen molar-refractivity contribution >= 4 is 23.7 Å². The first-order chi connectivity index (χ1) is 6.68. The predicted molar refractivity (Wildman–Crippen MR) is 56.1 cm³/mol. The molecule has 4 N–H and O–H groups in total. The van der Waals surface area contributed by atoms with Crippen LogP contribution in [-0.2, 0) is 4.79 Å². The quantitative estimate of drug-likeness (QED) is 0.602. The highest BCUT2D eigenvalue weighted by atomic mass is 32.2. The summed E-state index contributed by atoms with van der Waals surface area (Å²) in [6.45, 7) is 0.969. The third kappa shape index (κ3) is 4.48. The van der Waals surface area contributed by atoms with E-state index >= 15 is 0 Å². The summed E-state index contributed by atoms with van der Waals surface area (Å²) in [5, 5.41) is 5.60. The number of hydrogen-bond donors (Lipinski definition) is 3. The Kier molecular flexibility index (Phi) is 4.75. The van der Waals surface area contributed by atoms with Crippen LogP contribution in [0.3, 0.4) is 0 Å². The van der Waals surface area contributed by atoms with Gasteiger partial charge in [-0.25, -0.2) is 4.79 Å². The molecular formula is C8H15N3O2S. The van der Waals surface area contributed by atoms with Crippen LogP contribution in [0.15, 0.2) is 0 Å². The van der Waals surface area contributed by atoms with Crippen molar-refractivity contribution in [2.45, 2.75) is 18.1 Å². The number of primary amides is 1. The van der Waals surface area contributed by atoms with Crippen molar-refractivity contribution in [3.8, 4) is 0 Å². The predicted octanol–water partition coefficient (Wildman–Crippen LogP) is -0.334. The number of amides is 3. The molecule has 0 aromatic carbocycles. The molecule has 1 saturated heterocycles. The fraction of sp³-hybridized carbons (Fsp3) is 0.750. The van der Waals surface area contributed by atoms with Gasteiger partial charge in [0.15, 0.2) is 0 Å². The Hall–Kier alpha value is -0.750. The number of urea groups is 1. The zero-order valence-corrected chi connectivity index (χ0v) is 8.73. The van der Waals surface area contributed by atoms with Crippen molar-refractivity contribution in [1.29, 1.82) is 0 Å². The van der Waals surface area contributed by atoms with Crippen molar-refractivity contribution in [2.24, 2.45) is 5.73 Å². The van der Waals surface area contributed by atoms with Crippen LogP contribution in [0.4, 0.5) is 4.79 Å². The molecule has 0 aliphatic carbocycles. The molecule has 0 saturated carbocycles. The minimum atomic E-state index is -0.799. The smallest absolute Gasteiger partial charge is 0.318 e. The van der Waals surface area contributed by atoms with Crippen molar-refractivity contribution in [1.82, 2.24) is 10.6 Å². The lowest BCUT2D eigenvalue weighted by Crippen LogP contribution is -2.41. The Labute approximate surface area is 87.2 Å². The maximum Gasteiger partial charge on any atom is 0.318 e. The molecule has 0 spiro atoms. The average Bonchev–Trinajstić information content (AvgIpc) is 2.55. The number of rotatable bonds is 4. The van der Waals surface area contributed by atoms with Crippen LogP contribution in [-0.4, -0.2) is 36.0 Å². The van der Waals surface area contributed by atoms with Gasteiger partial charge in [-0.15, -0.1) is 0 Å². The molecule has 5 nitrogen and oxygen atoms in total. The van der Waals surface area contributed by atoms with Crippen LogP contribution in [0.5, 0.6) is 0 Å². The van der Waals surface area contributed by atoms with Gasteiger partial charge in [0, 0.05) is 11.8 Å². The molecule has 0 aromatic rings. The topological polar surface area (TPSA) is 84.2 Å². The number of imide groups is 1. The van der Waals surface area contributed by atoms with E-state index in [9.17, 15) is 9.59 Å². The summed E-state index contributed by atoms with van der Waals surface area (Å²) in [5.74, 6) is 0.834. The van der Waals surface area contributed by atoms with E-state index in [-0.39, 0.29) is 12.5 Å². The Bertz CT molecular complexity index is 217. The highest BCUT2D eigenvalue weighted by Gasteiger charge is 2.15. The monoisotopic (exact) mass is 217 g/mol. The van der Waals surface area contributed by atoms with E-state index in [0.717, 1.165) is 6.54 Å². The molecule has 1 fully saturated rings. The van der Waals surface area contributed by atoms with E-state index in [0.29, 0.717) is 5.25 Å². The van der Waals surface area contributed by atoms with Crippen LogP contribution >= 0.6 is 11.8 Å². The Morgan fingerprint density at radius 1 is 1.50 bits per heavy atom. The van der Waals surface area contributed by atoms with Crippen molar-refractivity contribution in [3.63, 3.8) is 0 Å². The molecule has 6 heteroatoms. The molecule has 1 heterocycles. The van der Waals surface area contributed by atoms with Crippen LogP contribution in [0, 0.1) is 0 Å². The summed E-state index contributed by atoms with van der Waals surface area (Å²) in [5.41, 5.74) is 4.78. The van der Waals surface area contributed by atoms with Gasteiger partial charge in [0.1, 0.15) is 0 Å². The molecule has 3 amide bonds. The van der Waals surface area contributed by atoms with Crippen LogP contribution in [0.2, 0.25) is 0 Å². The van der Waals surface area contributed by atoms with Gasteiger partial charge in [0.25, 0.3) is 0 Å². The molecular weight excluding hydrogens is 202 g/mol. The SMILES string of the molecule is NC(=O)NC(=O)CNCC1CCCS1. The summed E-state index contributed by atoms with van der Waals surface area (Å²) in [7, 11) is 0. The van der Waals surface area contributed by atoms with E-state index in [1.165, 1.54) is 18.6 Å². The van der Waals surface area contributed by atoms with Gasteiger partial charge in [-0.2, -0.15) is 11.8 Å². The summed E-state index contributed by atoms with van der Waals surface area (Å²) < 4.78 is 0. The van der Waals surface area contributed by atoms with Gasteiger partial charge < -0.3 is 11.1 Å². The van der Waals surface area contributed by atoms with E-state index in [1.807, 2.05) is 17.1 Å². The normalized spacial score (nSPS) is 20.7. The number of hydrogen-bond acceptors (Lipinski definition) is 4. The average molecular weight is 217 g/mol. The molecule has 0 radical (unpaired) electrons. The highest BCUT2D eigenvalue weighted by Crippen LogP contribution is 2.24. The molecule has 1 rings (SSSR count). The van der Waals surface area contributed by atoms with Gasteiger partial charge in [-0.1, -0.05) is 0 Å². The second kappa shape index (κ2) is 5.87. The molecule has 1 aliphatic heterocycles. The van der Waals surface area contributed by atoms with Gasteiger partial charge >= 0.3 is 6.03 Å². The summed E-state index contributed by atoms with van der Waals surface area (Å²) in [6, 6.07) is -0.799.